The van der Waals surface area contributed by atoms with E-state index in [1.165, 1.54) is 0 Å². The van der Waals surface area contributed by atoms with Crippen molar-refractivity contribution in [3.05, 3.63) is 0 Å². The van der Waals surface area contributed by atoms with E-state index in [2.05, 4.69) is 0 Å². The first-order valence-electron chi connectivity index (χ1n) is 4.58. The second kappa shape index (κ2) is 4.33. The number of hydrogen-bond acceptors (Lipinski definition) is 3. The van der Waals surface area contributed by atoms with Crippen molar-refractivity contribution in [3.8, 4) is 0 Å². The van der Waals surface area contributed by atoms with E-state index in [0.717, 1.165) is 26.1 Å². The Morgan fingerprint density at radius 2 is 2.00 bits per heavy atom. The van der Waals surface area contributed by atoms with Crippen molar-refractivity contribution in [1.29, 1.82) is 0 Å². The fourth-order valence-electron chi connectivity index (χ4n) is 1.27. The zero-order valence-corrected chi connectivity index (χ0v) is 9.02. The molecule has 1 amide bonds. The predicted molar refractivity (Wildman–Crippen MR) is 54.7 cm³/mol. The molecule has 0 aliphatic carbocycles. The normalized spacial score (nSPS) is 20.2. The number of carbonyl (C=O) groups is 1. The van der Waals surface area contributed by atoms with Gasteiger partial charge in [0, 0.05) is 18.5 Å². The topological polar surface area (TPSA) is 52.3 Å². The van der Waals surface area contributed by atoms with Crippen molar-refractivity contribution in [1.82, 2.24) is 0 Å². The van der Waals surface area contributed by atoms with Crippen LogP contribution >= 0.6 is 11.8 Å². The van der Waals surface area contributed by atoms with E-state index in [0.29, 0.717) is 5.25 Å². The van der Waals surface area contributed by atoms with Gasteiger partial charge in [-0.1, -0.05) is 0 Å². The lowest BCUT2D eigenvalue weighted by Crippen LogP contribution is -2.37. The molecular formula is C9H17NO2S. The Bertz CT molecular complexity index is 188. The molecule has 13 heavy (non-hydrogen) atoms. The van der Waals surface area contributed by atoms with Crippen LogP contribution in [0.3, 0.4) is 0 Å². The summed E-state index contributed by atoms with van der Waals surface area (Å²) in [4.78, 5) is 11.1. The van der Waals surface area contributed by atoms with Gasteiger partial charge in [0.25, 0.3) is 0 Å². The number of ether oxygens (including phenoxy) is 1. The molecule has 2 N–H and O–H groups in total. The molecule has 3 nitrogen and oxygen atoms in total. The van der Waals surface area contributed by atoms with Gasteiger partial charge in [-0.05, 0) is 26.7 Å². The average Bonchev–Trinajstić information content (AvgIpc) is 2.05. The van der Waals surface area contributed by atoms with E-state index in [9.17, 15) is 4.79 Å². The van der Waals surface area contributed by atoms with Gasteiger partial charge in [-0.3, -0.25) is 4.79 Å². The van der Waals surface area contributed by atoms with E-state index in [-0.39, 0.29) is 5.91 Å². The minimum atomic E-state index is -0.442. The van der Waals surface area contributed by atoms with Gasteiger partial charge in [0.05, 0.1) is 4.75 Å². The van der Waals surface area contributed by atoms with Crippen molar-refractivity contribution in [2.75, 3.05) is 13.2 Å². The Hall–Kier alpha value is -0.220. The molecule has 0 radical (unpaired) electrons. The number of carbonyl (C=O) groups excluding carboxylic acids is 1. The highest BCUT2D eigenvalue weighted by atomic mass is 32.2. The van der Waals surface area contributed by atoms with Crippen LogP contribution in [0, 0.1) is 0 Å². The first-order chi connectivity index (χ1) is 6.02. The summed E-state index contributed by atoms with van der Waals surface area (Å²) >= 11 is 1.68. The maximum absolute atomic E-state index is 11.1. The maximum atomic E-state index is 11.1. The van der Waals surface area contributed by atoms with Crippen LogP contribution in [0.15, 0.2) is 0 Å². The molecule has 1 heterocycles. The predicted octanol–water partition coefficient (Wildman–Crippen LogP) is 1.16. The number of primary amides is 1. The standard InChI is InChI=1S/C9H17NO2S/c1-9(2,8(10)11)13-7-3-5-12-6-4-7/h7H,3-6H2,1-2H3,(H2,10,11). The third-order valence-corrected chi connectivity index (χ3v) is 3.82. The lowest BCUT2D eigenvalue weighted by Gasteiger charge is -2.28. The van der Waals surface area contributed by atoms with Crippen LogP contribution < -0.4 is 5.73 Å². The van der Waals surface area contributed by atoms with Gasteiger partial charge in [-0.2, -0.15) is 0 Å². The summed E-state index contributed by atoms with van der Waals surface area (Å²) < 4.78 is 4.80. The summed E-state index contributed by atoms with van der Waals surface area (Å²) in [5, 5.41) is 0.524. The van der Waals surface area contributed by atoms with Crippen molar-refractivity contribution in [3.63, 3.8) is 0 Å². The molecule has 0 bridgehead atoms. The van der Waals surface area contributed by atoms with E-state index >= 15 is 0 Å². The quantitative estimate of drug-likeness (QED) is 0.749. The van der Waals surface area contributed by atoms with Crippen molar-refractivity contribution >= 4 is 17.7 Å². The number of amides is 1. The molecule has 76 valence electrons. The SMILES string of the molecule is CC(C)(SC1CCOCC1)C(N)=O. The van der Waals surface area contributed by atoms with Crippen LogP contribution in [0.5, 0.6) is 0 Å². The molecule has 0 atom stereocenters. The number of nitrogens with two attached hydrogens (primary N) is 1. The second-order valence-corrected chi connectivity index (χ2v) is 5.73. The van der Waals surface area contributed by atoms with Crippen LogP contribution in [0.4, 0.5) is 0 Å². The monoisotopic (exact) mass is 203 g/mol. The van der Waals surface area contributed by atoms with Crippen LogP contribution in [0.1, 0.15) is 26.7 Å². The van der Waals surface area contributed by atoms with Crippen LogP contribution in [0.25, 0.3) is 0 Å². The van der Waals surface area contributed by atoms with E-state index in [1.807, 2.05) is 13.8 Å². The lowest BCUT2D eigenvalue weighted by atomic mass is 10.2. The molecule has 0 aromatic rings. The zero-order chi connectivity index (χ0) is 9.90. The van der Waals surface area contributed by atoms with Gasteiger partial charge >= 0.3 is 0 Å². The smallest absolute Gasteiger partial charge is 0.233 e. The summed E-state index contributed by atoms with van der Waals surface area (Å²) in [5.41, 5.74) is 5.30. The Labute approximate surface area is 83.4 Å². The first-order valence-corrected chi connectivity index (χ1v) is 5.46. The molecule has 0 spiro atoms. The second-order valence-electron chi connectivity index (χ2n) is 3.80. The number of hydrogen-bond donors (Lipinski definition) is 1. The van der Waals surface area contributed by atoms with Gasteiger partial charge in [0.15, 0.2) is 0 Å². The Morgan fingerprint density at radius 1 is 1.46 bits per heavy atom. The van der Waals surface area contributed by atoms with Gasteiger partial charge in [-0.15, -0.1) is 11.8 Å². The van der Waals surface area contributed by atoms with Gasteiger partial charge < -0.3 is 10.5 Å². The molecule has 1 saturated heterocycles. The highest BCUT2D eigenvalue weighted by molar-refractivity contribution is 8.01. The summed E-state index contributed by atoms with van der Waals surface area (Å²) in [6.07, 6.45) is 2.06. The largest absolute Gasteiger partial charge is 0.381 e. The van der Waals surface area contributed by atoms with Crippen LogP contribution in [0.2, 0.25) is 0 Å². The molecule has 0 saturated carbocycles. The summed E-state index contributed by atoms with van der Waals surface area (Å²) in [6.45, 7) is 5.39. The Kier molecular flexibility index (Phi) is 3.62. The highest BCUT2D eigenvalue weighted by Gasteiger charge is 2.30. The Morgan fingerprint density at radius 3 is 2.46 bits per heavy atom. The van der Waals surface area contributed by atoms with Crippen molar-refractivity contribution < 1.29 is 9.53 Å². The third-order valence-electron chi connectivity index (χ3n) is 2.22. The summed E-state index contributed by atoms with van der Waals surface area (Å²) in [5.74, 6) is -0.232. The summed E-state index contributed by atoms with van der Waals surface area (Å²) in [6, 6.07) is 0. The molecule has 1 fully saturated rings. The molecular weight excluding hydrogens is 186 g/mol. The molecule has 1 aliphatic heterocycles. The van der Waals surface area contributed by atoms with Crippen molar-refractivity contribution in [2.45, 2.75) is 36.7 Å². The van der Waals surface area contributed by atoms with E-state index < -0.39 is 4.75 Å². The summed E-state index contributed by atoms with van der Waals surface area (Å²) in [7, 11) is 0. The van der Waals surface area contributed by atoms with Gasteiger partial charge in [-0.25, -0.2) is 0 Å². The van der Waals surface area contributed by atoms with Crippen molar-refractivity contribution in [2.24, 2.45) is 5.73 Å². The first kappa shape index (κ1) is 10.9. The minimum Gasteiger partial charge on any atom is -0.381 e. The lowest BCUT2D eigenvalue weighted by molar-refractivity contribution is -0.119. The molecule has 0 unspecified atom stereocenters. The maximum Gasteiger partial charge on any atom is 0.233 e. The fourth-order valence-corrected chi connectivity index (χ4v) is 2.65. The molecule has 4 heteroatoms. The number of rotatable bonds is 3. The minimum absolute atomic E-state index is 0.232. The van der Waals surface area contributed by atoms with Crippen LogP contribution in [-0.4, -0.2) is 29.1 Å². The van der Waals surface area contributed by atoms with Gasteiger partial charge in [0.1, 0.15) is 0 Å². The fraction of sp³-hybridized carbons (Fsp3) is 0.889. The van der Waals surface area contributed by atoms with E-state index in [1.54, 1.807) is 11.8 Å². The van der Waals surface area contributed by atoms with Gasteiger partial charge in [0.2, 0.25) is 5.91 Å². The zero-order valence-electron chi connectivity index (χ0n) is 8.21. The molecule has 0 aromatic carbocycles. The number of thioether (sulfide) groups is 1. The molecule has 0 aromatic heterocycles. The highest BCUT2D eigenvalue weighted by Crippen LogP contribution is 2.33. The third kappa shape index (κ3) is 3.19. The van der Waals surface area contributed by atoms with Crippen LogP contribution in [-0.2, 0) is 9.53 Å². The average molecular weight is 203 g/mol. The molecule has 1 rings (SSSR count). The van der Waals surface area contributed by atoms with E-state index in [4.69, 9.17) is 10.5 Å². The Balaban J connectivity index is 2.41. The molecule has 1 aliphatic rings.